The van der Waals surface area contributed by atoms with Gasteiger partial charge in [0.2, 0.25) is 5.75 Å². The van der Waals surface area contributed by atoms with Gasteiger partial charge in [-0.25, -0.2) is 0 Å². The fourth-order valence-corrected chi connectivity index (χ4v) is 2.20. The topological polar surface area (TPSA) is 66.0 Å². The first kappa shape index (κ1) is 18.4. The molecule has 2 aromatic rings. The zero-order valence-electron chi connectivity index (χ0n) is 14.9. The minimum Gasteiger partial charge on any atom is -0.493 e. The van der Waals surface area contributed by atoms with E-state index in [4.69, 9.17) is 18.9 Å². The number of carbonyl (C=O) groups excluding carboxylic acids is 1. The minimum atomic E-state index is -0.276. The van der Waals surface area contributed by atoms with Crippen LogP contribution in [0, 0.1) is 0 Å². The van der Waals surface area contributed by atoms with Gasteiger partial charge in [0.25, 0.3) is 5.91 Å². The number of para-hydroxylation sites is 1. The van der Waals surface area contributed by atoms with Crippen LogP contribution >= 0.6 is 0 Å². The van der Waals surface area contributed by atoms with Crippen LogP contribution in [0.3, 0.4) is 0 Å². The van der Waals surface area contributed by atoms with Crippen LogP contribution in [0.1, 0.15) is 13.8 Å². The molecule has 2 aromatic carbocycles. The first-order valence-electron chi connectivity index (χ1n) is 7.94. The van der Waals surface area contributed by atoms with Crippen molar-refractivity contribution in [3.8, 4) is 23.0 Å². The lowest BCUT2D eigenvalue weighted by atomic mass is 10.3. The summed E-state index contributed by atoms with van der Waals surface area (Å²) in [4.78, 5) is 12.1. The number of benzene rings is 2. The van der Waals surface area contributed by atoms with Crippen LogP contribution in [0.5, 0.6) is 23.0 Å². The maximum Gasteiger partial charge on any atom is 0.262 e. The van der Waals surface area contributed by atoms with Gasteiger partial charge in [0.1, 0.15) is 5.75 Å². The van der Waals surface area contributed by atoms with Crippen molar-refractivity contribution < 1.29 is 23.7 Å². The number of methoxy groups -OCH3 is 2. The number of carbonyl (C=O) groups is 1. The Bertz CT molecular complexity index is 697. The van der Waals surface area contributed by atoms with Crippen LogP contribution in [0.25, 0.3) is 0 Å². The van der Waals surface area contributed by atoms with Crippen molar-refractivity contribution >= 4 is 11.6 Å². The highest BCUT2D eigenvalue weighted by Gasteiger charge is 2.12. The molecule has 6 nitrogen and oxygen atoms in total. The molecule has 134 valence electrons. The van der Waals surface area contributed by atoms with E-state index in [2.05, 4.69) is 5.32 Å². The monoisotopic (exact) mass is 345 g/mol. The molecule has 0 bridgehead atoms. The molecule has 0 fully saturated rings. The second-order valence-electron chi connectivity index (χ2n) is 5.52. The Morgan fingerprint density at radius 3 is 2.28 bits per heavy atom. The number of ether oxygens (including phenoxy) is 4. The van der Waals surface area contributed by atoms with Gasteiger partial charge in [0.15, 0.2) is 18.1 Å². The van der Waals surface area contributed by atoms with Gasteiger partial charge in [-0.3, -0.25) is 4.79 Å². The fourth-order valence-electron chi connectivity index (χ4n) is 2.20. The lowest BCUT2D eigenvalue weighted by Gasteiger charge is -2.13. The summed E-state index contributed by atoms with van der Waals surface area (Å²) in [5, 5.41) is 2.77. The molecule has 1 amide bonds. The van der Waals surface area contributed by atoms with Gasteiger partial charge in [0.05, 0.1) is 20.3 Å². The SMILES string of the molecule is COc1cccc(OCC(=O)Nc2ccc(OC(C)C)cc2)c1OC. The number of hydrogen-bond acceptors (Lipinski definition) is 5. The van der Waals surface area contributed by atoms with Gasteiger partial charge in [-0.2, -0.15) is 0 Å². The molecule has 2 rings (SSSR count). The minimum absolute atomic E-state index is 0.103. The average molecular weight is 345 g/mol. The summed E-state index contributed by atoms with van der Waals surface area (Å²) in [5.74, 6) is 1.92. The normalized spacial score (nSPS) is 10.3. The highest BCUT2D eigenvalue weighted by Crippen LogP contribution is 2.36. The number of amides is 1. The summed E-state index contributed by atoms with van der Waals surface area (Å²) < 4.78 is 21.6. The number of nitrogens with one attached hydrogen (secondary N) is 1. The fraction of sp³-hybridized carbons (Fsp3) is 0.316. The highest BCUT2D eigenvalue weighted by atomic mass is 16.5. The number of rotatable bonds is 8. The van der Waals surface area contributed by atoms with Crippen LogP contribution in [0.2, 0.25) is 0 Å². The summed E-state index contributed by atoms with van der Waals surface area (Å²) in [6.07, 6.45) is 0.103. The quantitative estimate of drug-likeness (QED) is 0.793. The summed E-state index contributed by atoms with van der Waals surface area (Å²) in [5.41, 5.74) is 0.669. The van der Waals surface area contributed by atoms with E-state index in [0.717, 1.165) is 5.75 Å². The van der Waals surface area contributed by atoms with E-state index in [1.54, 1.807) is 37.4 Å². The molecule has 0 saturated carbocycles. The van der Waals surface area contributed by atoms with E-state index in [1.165, 1.54) is 7.11 Å². The molecule has 0 aliphatic rings. The van der Waals surface area contributed by atoms with Gasteiger partial charge >= 0.3 is 0 Å². The van der Waals surface area contributed by atoms with Crippen LogP contribution in [-0.4, -0.2) is 32.8 Å². The lowest BCUT2D eigenvalue weighted by Crippen LogP contribution is -2.20. The summed E-state index contributed by atoms with van der Waals surface area (Å²) in [7, 11) is 3.06. The first-order chi connectivity index (χ1) is 12.0. The van der Waals surface area contributed by atoms with Crippen molar-refractivity contribution in [2.45, 2.75) is 20.0 Å². The number of hydrogen-bond donors (Lipinski definition) is 1. The van der Waals surface area contributed by atoms with E-state index in [1.807, 2.05) is 26.0 Å². The third-order valence-corrected chi connectivity index (χ3v) is 3.24. The van der Waals surface area contributed by atoms with Crippen LogP contribution < -0.4 is 24.3 Å². The predicted octanol–water partition coefficient (Wildman–Crippen LogP) is 3.51. The number of anilines is 1. The van der Waals surface area contributed by atoms with Crippen molar-refractivity contribution in [3.05, 3.63) is 42.5 Å². The Kier molecular flexibility index (Phi) is 6.51. The van der Waals surface area contributed by atoms with E-state index in [0.29, 0.717) is 22.9 Å². The van der Waals surface area contributed by atoms with E-state index < -0.39 is 0 Å². The van der Waals surface area contributed by atoms with Gasteiger partial charge in [0, 0.05) is 5.69 Å². The average Bonchev–Trinajstić information content (AvgIpc) is 2.60. The van der Waals surface area contributed by atoms with Gasteiger partial charge in [-0.1, -0.05) is 6.07 Å². The Balaban J connectivity index is 1.93. The third-order valence-electron chi connectivity index (χ3n) is 3.24. The molecule has 0 saturated heterocycles. The molecular weight excluding hydrogens is 322 g/mol. The third kappa shape index (κ3) is 5.31. The van der Waals surface area contributed by atoms with Crippen LogP contribution in [0.4, 0.5) is 5.69 Å². The van der Waals surface area contributed by atoms with E-state index in [-0.39, 0.29) is 18.6 Å². The van der Waals surface area contributed by atoms with Gasteiger partial charge < -0.3 is 24.3 Å². The standard InChI is InChI=1S/C19H23NO5/c1-13(2)25-15-10-8-14(9-11-15)20-18(21)12-24-17-7-5-6-16(22-3)19(17)23-4/h5-11,13H,12H2,1-4H3,(H,20,21). The van der Waals surface area contributed by atoms with Gasteiger partial charge in [-0.05, 0) is 50.2 Å². The first-order valence-corrected chi connectivity index (χ1v) is 7.94. The van der Waals surface area contributed by atoms with Crippen molar-refractivity contribution in [2.24, 2.45) is 0 Å². The smallest absolute Gasteiger partial charge is 0.262 e. The second kappa shape index (κ2) is 8.82. The van der Waals surface area contributed by atoms with E-state index >= 15 is 0 Å². The Hall–Kier alpha value is -2.89. The molecule has 0 atom stereocenters. The van der Waals surface area contributed by atoms with Crippen molar-refractivity contribution in [1.29, 1.82) is 0 Å². The van der Waals surface area contributed by atoms with Crippen molar-refractivity contribution in [3.63, 3.8) is 0 Å². The zero-order valence-corrected chi connectivity index (χ0v) is 14.9. The molecule has 25 heavy (non-hydrogen) atoms. The second-order valence-corrected chi connectivity index (χ2v) is 5.52. The highest BCUT2D eigenvalue weighted by molar-refractivity contribution is 5.91. The molecule has 0 aromatic heterocycles. The maximum absolute atomic E-state index is 12.1. The predicted molar refractivity (Wildman–Crippen MR) is 95.9 cm³/mol. The molecular formula is C19H23NO5. The molecule has 0 radical (unpaired) electrons. The Morgan fingerprint density at radius 1 is 1.00 bits per heavy atom. The van der Waals surface area contributed by atoms with Crippen molar-refractivity contribution in [2.75, 3.05) is 26.1 Å². The van der Waals surface area contributed by atoms with Gasteiger partial charge in [-0.15, -0.1) is 0 Å². The molecule has 6 heteroatoms. The van der Waals surface area contributed by atoms with E-state index in [9.17, 15) is 4.79 Å². The lowest BCUT2D eigenvalue weighted by molar-refractivity contribution is -0.118. The van der Waals surface area contributed by atoms with Crippen molar-refractivity contribution in [1.82, 2.24) is 0 Å². The largest absolute Gasteiger partial charge is 0.493 e. The molecule has 0 spiro atoms. The zero-order chi connectivity index (χ0) is 18.2. The summed E-state index contributed by atoms with van der Waals surface area (Å²) in [6.45, 7) is 3.77. The van der Waals surface area contributed by atoms with Crippen LogP contribution in [0.15, 0.2) is 42.5 Å². The molecule has 0 aliphatic carbocycles. The molecule has 0 aliphatic heterocycles. The Labute approximate surface area is 147 Å². The molecule has 0 heterocycles. The summed E-state index contributed by atoms with van der Waals surface area (Å²) in [6, 6.07) is 12.4. The Morgan fingerprint density at radius 2 is 1.68 bits per heavy atom. The molecule has 1 N–H and O–H groups in total. The van der Waals surface area contributed by atoms with Crippen LogP contribution in [-0.2, 0) is 4.79 Å². The summed E-state index contributed by atoms with van der Waals surface area (Å²) >= 11 is 0. The maximum atomic E-state index is 12.1. The molecule has 0 unspecified atom stereocenters.